The summed E-state index contributed by atoms with van der Waals surface area (Å²) < 4.78 is 0. The average molecular weight is 324 g/mol. The van der Waals surface area contributed by atoms with E-state index in [-0.39, 0.29) is 5.91 Å². The maximum atomic E-state index is 11.3. The number of nitrogens with one attached hydrogen (secondary N) is 2. The van der Waals surface area contributed by atoms with Gasteiger partial charge < -0.3 is 10.6 Å². The first-order valence-corrected chi connectivity index (χ1v) is 7.97. The second kappa shape index (κ2) is 6.58. The number of anilines is 3. The minimum Gasteiger partial charge on any atom is -0.328 e. The van der Waals surface area contributed by atoms with Crippen LogP contribution in [0.25, 0.3) is 10.6 Å². The molecule has 1 aromatic heterocycles. The van der Waals surface area contributed by atoms with Crippen LogP contribution >= 0.6 is 11.3 Å². The molecule has 0 saturated carbocycles. The molecule has 1 amide bonds. The van der Waals surface area contributed by atoms with Gasteiger partial charge in [-0.1, -0.05) is 47.7 Å². The Kier molecular flexibility index (Phi) is 4.34. The van der Waals surface area contributed by atoms with Crippen molar-refractivity contribution in [2.45, 2.75) is 13.8 Å². The van der Waals surface area contributed by atoms with Crippen LogP contribution in [0, 0.1) is 6.92 Å². The topological polar surface area (TPSA) is 66.9 Å². The predicted octanol–water partition coefficient (Wildman–Crippen LogP) is 4.22. The molecule has 3 rings (SSSR count). The highest BCUT2D eigenvalue weighted by Gasteiger charge is 2.10. The molecule has 6 heteroatoms. The summed E-state index contributed by atoms with van der Waals surface area (Å²) >= 11 is 1.47. The first-order valence-electron chi connectivity index (χ1n) is 7.16. The summed E-state index contributed by atoms with van der Waals surface area (Å²) in [7, 11) is 0. The van der Waals surface area contributed by atoms with E-state index in [4.69, 9.17) is 0 Å². The quantitative estimate of drug-likeness (QED) is 0.754. The van der Waals surface area contributed by atoms with Crippen molar-refractivity contribution >= 4 is 33.8 Å². The highest BCUT2D eigenvalue weighted by molar-refractivity contribution is 7.18. The van der Waals surface area contributed by atoms with Crippen molar-refractivity contribution < 1.29 is 4.79 Å². The molecular formula is C17H16N4OS. The van der Waals surface area contributed by atoms with E-state index in [0.29, 0.717) is 5.13 Å². The van der Waals surface area contributed by atoms with Crippen LogP contribution in [-0.2, 0) is 4.79 Å². The molecule has 0 spiro atoms. The Hall–Kier alpha value is -2.73. The normalized spacial score (nSPS) is 10.3. The Morgan fingerprint density at radius 2 is 1.83 bits per heavy atom. The van der Waals surface area contributed by atoms with Gasteiger partial charge in [-0.2, -0.15) is 0 Å². The second-order valence-corrected chi connectivity index (χ2v) is 6.11. The van der Waals surface area contributed by atoms with Crippen LogP contribution in [0.3, 0.4) is 0 Å². The van der Waals surface area contributed by atoms with Gasteiger partial charge in [-0.05, 0) is 24.6 Å². The van der Waals surface area contributed by atoms with Crippen molar-refractivity contribution in [1.29, 1.82) is 0 Å². The van der Waals surface area contributed by atoms with E-state index in [2.05, 4.69) is 20.8 Å². The lowest BCUT2D eigenvalue weighted by molar-refractivity contribution is -0.114. The molecule has 3 aromatic rings. The molecule has 0 unspecified atom stereocenters. The number of hydrogen-bond donors (Lipinski definition) is 2. The summed E-state index contributed by atoms with van der Waals surface area (Å²) in [5.41, 5.74) is 3.65. The van der Waals surface area contributed by atoms with Gasteiger partial charge in [0, 0.05) is 12.5 Å². The summed E-state index contributed by atoms with van der Waals surface area (Å²) in [5.74, 6) is -0.112. The van der Waals surface area contributed by atoms with Crippen LogP contribution in [0.15, 0.2) is 48.5 Å². The van der Waals surface area contributed by atoms with Crippen LogP contribution in [-0.4, -0.2) is 16.1 Å². The largest absolute Gasteiger partial charge is 0.328 e. The molecule has 0 bridgehead atoms. The summed E-state index contributed by atoms with van der Waals surface area (Å²) in [6, 6.07) is 15.7. The van der Waals surface area contributed by atoms with Gasteiger partial charge >= 0.3 is 0 Å². The number of carbonyl (C=O) groups is 1. The first kappa shape index (κ1) is 15.2. The van der Waals surface area contributed by atoms with Crippen LogP contribution < -0.4 is 10.6 Å². The van der Waals surface area contributed by atoms with Gasteiger partial charge in [-0.15, -0.1) is 10.2 Å². The molecule has 0 aliphatic carbocycles. The fourth-order valence-corrected chi connectivity index (χ4v) is 2.91. The van der Waals surface area contributed by atoms with Crippen LogP contribution in [0.4, 0.5) is 16.5 Å². The standard InChI is InChI=1S/C17H16N4OS/c1-11-8-9-14(18-12(2)22)15(10-11)19-17-21-20-16(23-17)13-6-4-3-5-7-13/h3-10H,1-2H3,(H,18,22)(H,19,21). The van der Waals surface area contributed by atoms with Gasteiger partial charge in [-0.25, -0.2) is 0 Å². The van der Waals surface area contributed by atoms with E-state index in [0.717, 1.165) is 27.5 Å². The Bertz CT molecular complexity index is 830. The van der Waals surface area contributed by atoms with Crippen LogP contribution in [0.2, 0.25) is 0 Å². The van der Waals surface area contributed by atoms with Crippen LogP contribution in [0.5, 0.6) is 0 Å². The fraction of sp³-hybridized carbons (Fsp3) is 0.118. The number of carbonyl (C=O) groups excluding carboxylic acids is 1. The maximum Gasteiger partial charge on any atom is 0.221 e. The van der Waals surface area contributed by atoms with Gasteiger partial charge in [0.1, 0.15) is 5.01 Å². The molecule has 0 aliphatic rings. The summed E-state index contributed by atoms with van der Waals surface area (Å²) in [6.07, 6.45) is 0. The highest BCUT2D eigenvalue weighted by Crippen LogP contribution is 2.31. The number of nitrogens with zero attached hydrogens (tertiary/aromatic N) is 2. The van der Waals surface area contributed by atoms with E-state index < -0.39 is 0 Å². The van der Waals surface area contributed by atoms with Gasteiger partial charge in [0.15, 0.2) is 0 Å². The minimum atomic E-state index is -0.112. The monoisotopic (exact) mass is 324 g/mol. The number of rotatable bonds is 4. The zero-order chi connectivity index (χ0) is 16.2. The van der Waals surface area contributed by atoms with E-state index >= 15 is 0 Å². The van der Waals surface area contributed by atoms with Crippen molar-refractivity contribution in [3.63, 3.8) is 0 Å². The fourth-order valence-electron chi connectivity index (χ4n) is 2.15. The molecule has 5 nitrogen and oxygen atoms in total. The maximum absolute atomic E-state index is 11.3. The lowest BCUT2D eigenvalue weighted by atomic mass is 10.2. The summed E-state index contributed by atoms with van der Waals surface area (Å²) in [5, 5.41) is 16.0. The van der Waals surface area contributed by atoms with Crippen LogP contribution in [0.1, 0.15) is 12.5 Å². The molecule has 0 atom stereocenters. The van der Waals surface area contributed by atoms with E-state index in [1.807, 2.05) is 55.5 Å². The Balaban J connectivity index is 1.86. The molecule has 23 heavy (non-hydrogen) atoms. The highest BCUT2D eigenvalue weighted by atomic mass is 32.1. The molecule has 2 aromatic carbocycles. The molecule has 0 aliphatic heterocycles. The zero-order valence-electron chi connectivity index (χ0n) is 12.8. The van der Waals surface area contributed by atoms with Crippen molar-refractivity contribution in [1.82, 2.24) is 10.2 Å². The third-order valence-electron chi connectivity index (χ3n) is 3.17. The Morgan fingerprint density at radius 3 is 2.57 bits per heavy atom. The van der Waals surface area contributed by atoms with Gasteiger partial charge in [0.25, 0.3) is 0 Å². The van der Waals surface area contributed by atoms with E-state index in [1.165, 1.54) is 18.3 Å². The minimum absolute atomic E-state index is 0.112. The number of aromatic nitrogens is 2. The molecular weight excluding hydrogens is 308 g/mol. The van der Waals surface area contributed by atoms with Gasteiger partial charge in [0.2, 0.25) is 11.0 Å². The summed E-state index contributed by atoms with van der Waals surface area (Å²) in [6.45, 7) is 3.49. The Labute approximate surface area is 138 Å². The SMILES string of the molecule is CC(=O)Nc1ccc(C)cc1Nc1nnc(-c2ccccc2)s1. The molecule has 1 heterocycles. The summed E-state index contributed by atoms with van der Waals surface area (Å²) in [4.78, 5) is 11.3. The Morgan fingerprint density at radius 1 is 1.04 bits per heavy atom. The number of aryl methyl sites for hydroxylation is 1. The average Bonchev–Trinajstić information content (AvgIpc) is 2.99. The molecule has 0 saturated heterocycles. The van der Waals surface area contributed by atoms with Crippen molar-refractivity contribution in [3.8, 4) is 10.6 Å². The van der Waals surface area contributed by atoms with E-state index in [9.17, 15) is 4.79 Å². The van der Waals surface area contributed by atoms with Gasteiger partial charge in [0.05, 0.1) is 11.4 Å². The molecule has 0 fully saturated rings. The van der Waals surface area contributed by atoms with E-state index in [1.54, 1.807) is 0 Å². The van der Waals surface area contributed by atoms with Crippen molar-refractivity contribution in [3.05, 3.63) is 54.1 Å². The predicted molar refractivity (Wildman–Crippen MR) is 94.1 cm³/mol. The lowest BCUT2D eigenvalue weighted by Gasteiger charge is -2.11. The third-order valence-corrected chi connectivity index (χ3v) is 4.06. The molecule has 116 valence electrons. The van der Waals surface area contributed by atoms with Gasteiger partial charge in [-0.3, -0.25) is 4.79 Å². The molecule has 2 N–H and O–H groups in total. The smallest absolute Gasteiger partial charge is 0.221 e. The lowest BCUT2D eigenvalue weighted by Crippen LogP contribution is -2.08. The second-order valence-electron chi connectivity index (χ2n) is 5.13. The third kappa shape index (κ3) is 3.73. The molecule has 0 radical (unpaired) electrons. The van der Waals surface area contributed by atoms with Crippen molar-refractivity contribution in [2.75, 3.05) is 10.6 Å². The zero-order valence-corrected chi connectivity index (χ0v) is 13.6. The first-order chi connectivity index (χ1) is 11.1. The van der Waals surface area contributed by atoms with Crippen molar-refractivity contribution in [2.24, 2.45) is 0 Å². The number of hydrogen-bond acceptors (Lipinski definition) is 5. The number of amides is 1. The number of benzene rings is 2.